The second-order valence-electron chi connectivity index (χ2n) is 4.95. The fourth-order valence-electron chi connectivity index (χ4n) is 2.54. The number of piperidine rings is 1. The predicted octanol–water partition coefficient (Wildman–Crippen LogP) is 1.44. The summed E-state index contributed by atoms with van der Waals surface area (Å²) in [5.41, 5.74) is 0. The first-order valence-electron chi connectivity index (χ1n) is 5.62. The molecule has 0 spiro atoms. The second kappa shape index (κ2) is 3.89. The first kappa shape index (κ1) is 9.97. The molecule has 0 bridgehead atoms. The summed E-state index contributed by atoms with van der Waals surface area (Å²) in [7, 11) is 0. The molecule has 2 aliphatic rings. The molecule has 2 fully saturated rings. The molecular formula is C11H19NO2. The second-order valence-corrected chi connectivity index (χ2v) is 4.95. The van der Waals surface area contributed by atoms with Gasteiger partial charge in [-0.3, -0.25) is 4.79 Å². The maximum Gasteiger partial charge on any atom is 0.306 e. The van der Waals surface area contributed by atoms with Crippen LogP contribution in [0.4, 0.5) is 0 Å². The minimum atomic E-state index is -0.597. The normalized spacial score (nSPS) is 38.2. The van der Waals surface area contributed by atoms with E-state index >= 15 is 0 Å². The largest absolute Gasteiger partial charge is 0.481 e. The average molecular weight is 197 g/mol. The Labute approximate surface area is 85.1 Å². The van der Waals surface area contributed by atoms with Crippen molar-refractivity contribution in [2.24, 2.45) is 17.8 Å². The zero-order chi connectivity index (χ0) is 10.1. The van der Waals surface area contributed by atoms with Gasteiger partial charge in [0, 0.05) is 13.1 Å². The van der Waals surface area contributed by atoms with E-state index in [1.165, 1.54) is 25.9 Å². The van der Waals surface area contributed by atoms with E-state index in [-0.39, 0.29) is 5.92 Å². The van der Waals surface area contributed by atoms with Crippen LogP contribution < -0.4 is 0 Å². The Balaban J connectivity index is 1.73. The first-order valence-corrected chi connectivity index (χ1v) is 5.62. The van der Waals surface area contributed by atoms with Crippen LogP contribution in [0, 0.1) is 17.8 Å². The molecule has 0 aromatic rings. The molecule has 1 aliphatic carbocycles. The number of carboxylic acid groups (broad SMARTS) is 1. The quantitative estimate of drug-likeness (QED) is 0.744. The van der Waals surface area contributed by atoms with E-state index in [9.17, 15) is 4.79 Å². The van der Waals surface area contributed by atoms with Gasteiger partial charge < -0.3 is 10.0 Å². The summed E-state index contributed by atoms with van der Waals surface area (Å²) in [6.45, 7) is 5.64. The monoisotopic (exact) mass is 197 g/mol. The van der Waals surface area contributed by atoms with Crippen LogP contribution in [-0.2, 0) is 4.79 Å². The zero-order valence-electron chi connectivity index (χ0n) is 8.78. The molecule has 3 atom stereocenters. The van der Waals surface area contributed by atoms with Gasteiger partial charge in [0.05, 0.1) is 5.92 Å². The fraction of sp³-hybridized carbons (Fsp3) is 0.909. The lowest BCUT2D eigenvalue weighted by Gasteiger charge is -2.30. The Kier molecular flexibility index (Phi) is 2.77. The third-order valence-corrected chi connectivity index (χ3v) is 3.47. The van der Waals surface area contributed by atoms with E-state index in [4.69, 9.17) is 5.11 Å². The summed E-state index contributed by atoms with van der Waals surface area (Å²) in [6, 6.07) is 0. The highest BCUT2D eigenvalue weighted by Crippen LogP contribution is 2.39. The van der Waals surface area contributed by atoms with E-state index < -0.39 is 5.97 Å². The average Bonchev–Trinajstić information content (AvgIpc) is 2.84. The molecule has 0 amide bonds. The zero-order valence-corrected chi connectivity index (χ0v) is 8.78. The van der Waals surface area contributed by atoms with E-state index in [1.807, 2.05) is 0 Å². The molecule has 2 rings (SSSR count). The molecule has 0 aromatic carbocycles. The van der Waals surface area contributed by atoms with Crippen molar-refractivity contribution in [2.45, 2.75) is 26.2 Å². The van der Waals surface area contributed by atoms with Crippen LogP contribution in [-0.4, -0.2) is 35.6 Å². The highest BCUT2D eigenvalue weighted by atomic mass is 16.4. The van der Waals surface area contributed by atoms with Crippen LogP contribution in [0.25, 0.3) is 0 Å². The third kappa shape index (κ3) is 2.27. The SMILES string of the molecule is CC1CCCN(CC2CC2C(=O)O)C1. The number of hydrogen-bond acceptors (Lipinski definition) is 2. The molecule has 0 aromatic heterocycles. The van der Waals surface area contributed by atoms with E-state index in [0.717, 1.165) is 18.9 Å². The molecule has 1 N–H and O–H groups in total. The summed E-state index contributed by atoms with van der Waals surface area (Å²) in [5.74, 6) is 0.607. The number of aliphatic carboxylic acids is 1. The van der Waals surface area contributed by atoms with Crippen molar-refractivity contribution >= 4 is 5.97 Å². The van der Waals surface area contributed by atoms with Crippen LogP contribution in [0.3, 0.4) is 0 Å². The van der Waals surface area contributed by atoms with E-state index in [1.54, 1.807) is 0 Å². The van der Waals surface area contributed by atoms with Gasteiger partial charge in [-0.05, 0) is 37.6 Å². The number of hydrogen-bond donors (Lipinski definition) is 1. The van der Waals surface area contributed by atoms with Crippen molar-refractivity contribution in [2.75, 3.05) is 19.6 Å². The maximum atomic E-state index is 10.7. The topological polar surface area (TPSA) is 40.5 Å². The van der Waals surface area contributed by atoms with Crippen molar-refractivity contribution in [3.63, 3.8) is 0 Å². The minimum Gasteiger partial charge on any atom is -0.481 e. The Morgan fingerprint density at radius 2 is 2.36 bits per heavy atom. The fourth-order valence-corrected chi connectivity index (χ4v) is 2.54. The third-order valence-electron chi connectivity index (χ3n) is 3.47. The van der Waals surface area contributed by atoms with E-state index in [0.29, 0.717) is 5.92 Å². The maximum absolute atomic E-state index is 10.7. The van der Waals surface area contributed by atoms with Gasteiger partial charge in [0.1, 0.15) is 0 Å². The molecule has 3 unspecified atom stereocenters. The van der Waals surface area contributed by atoms with Gasteiger partial charge in [0.25, 0.3) is 0 Å². The van der Waals surface area contributed by atoms with Crippen LogP contribution in [0.2, 0.25) is 0 Å². The molecule has 1 aliphatic heterocycles. The lowest BCUT2D eigenvalue weighted by atomic mass is 10.00. The predicted molar refractivity (Wildman–Crippen MR) is 54.1 cm³/mol. The summed E-state index contributed by atoms with van der Waals surface area (Å²) in [5, 5.41) is 8.79. The smallest absolute Gasteiger partial charge is 0.306 e. The highest BCUT2D eigenvalue weighted by Gasteiger charge is 2.43. The summed E-state index contributed by atoms with van der Waals surface area (Å²) in [6.07, 6.45) is 3.52. The van der Waals surface area contributed by atoms with Gasteiger partial charge >= 0.3 is 5.97 Å². The number of rotatable bonds is 3. The van der Waals surface area contributed by atoms with Crippen molar-refractivity contribution in [3.05, 3.63) is 0 Å². The molecule has 1 saturated heterocycles. The molecule has 3 nitrogen and oxygen atoms in total. The number of carboxylic acids is 1. The van der Waals surface area contributed by atoms with Gasteiger partial charge in [-0.25, -0.2) is 0 Å². The van der Waals surface area contributed by atoms with Gasteiger partial charge in [-0.15, -0.1) is 0 Å². The number of nitrogens with zero attached hydrogens (tertiary/aromatic N) is 1. The van der Waals surface area contributed by atoms with Crippen molar-refractivity contribution in [1.82, 2.24) is 4.90 Å². The van der Waals surface area contributed by atoms with Crippen LogP contribution >= 0.6 is 0 Å². The van der Waals surface area contributed by atoms with E-state index in [2.05, 4.69) is 11.8 Å². The Morgan fingerprint density at radius 3 is 2.93 bits per heavy atom. The molecule has 1 saturated carbocycles. The lowest BCUT2D eigenvalue weighted by Crippen LogP contribution is -2.36. The summed E-state index contributed by atoms with van der Waals surface area (Å²) in [4.78, 5) is 13.1. The Morgan fingerprint density at radius 1 is 1.57 bits per heavy atom. The van der Waals surface area contributed by atoms with Crippen molar-refractivity contribution in [1.29, 1.82) is 0 Å². The van der Waals surface area contributed by atoms with Crippen LogP contribution in [0.15, 0.2) is 0 Å². The Hall–Kier alpha value is -0.570. The Bertz CT molecular complexity index is 229. The molecule has 0 radical (unpaired) electrons. The van der Waals surface area contributed by atoms with Crippen molar-refractivity contribution in [3.8, 4) is 0 Å². The number of likely N-dealkylation sites (tertiary alicyclic amines) is 1. The van der Waals surface area contributed by atoms with Gasteiger partial charge in [-0.1, -0.05) is 6.92 Å². The molecule has 1 heterocycles. The van der Waals surface area contributed by atoms with Crippen LogP contribution in [0.5, 0.6) is 0 Å². The van der Waals surface area contributed by atoms with Crippen molar-refractivity contribution < 1.29 is 9.90 Å². The molecular weight excluding hydrogens is 178 g/mol. The van der Waals surface area contributed by atoms with Gasteiger partial charge in [-0.2, -0.15) is 0 Å². The molecule has 80 valence electrons. The highest BCUT2D eigenvalue weighted by molar-refractivity contribution is 5.73. The first-order chi connectivity index (χ1) is 6.66. The number of carbonyl (C=O) groups is 1. The molecule has 14 heavy (non-hydrogen) atoms. The molecule has 3 heteroatoms. The standard InChI is InChI=1S/C11H19NO2/c1-8-3-2-4-12(6-8)7-9-5-10(9)11(13)14/h8-10H,2-7H2,1H3,(H,13,14). The summed E-state index contributed by atoms with van der Waals surface area (Å²) < 4.78 is 0. The van der Waals surface area contributed by atoms with Gasteiger partial charge in [0.2, 0.25) is 0 Å². The summed E-state index contributed by atoms with van der Waals surface area (Å²) >= 11 is 0. The minimum absolute atomic E-state index is 0.0350. The van der Waals surface area contributed by atoms with Gasteiger partial charge in [0.15, 0.2) is 0 Å². The lowest BCUT2D eigenvalue weighted by molar-refractivity contribution is -0.138. The van der Waals surface area contributed by atoms with Crippen LogP contribution in [0.1, 0.15) is 26.2 Å².